The van der Waals surface area contributed by atoms with E-state index >= 15 is 0 Å². The number of aryl methyl sites for hydroxylation is 1. The minimum atomic E-state index is -0.381. The minimum Gasteiger partial charge on any atom is -0.391 e. The first kappa shape index (κ1) is 15.3. The highest BCUT2D eigenvalue weighted by Gasteiger charge is 2.43. The van der Waals surface area contributed by atoms with Gasteiger partial charge in [-0.2, -0.15) is 5.10 Å². The molecule has 0 bridgehead atoms. The molecule has 0 unspecified atom stereocenters. The average Bonchev–Trinajstić information content (AvgIpc) is 3.02. The molecule has 1 saturated heterocycles. The number of urea groups is 1. The second-order valence-electron chi connectivity index (χ2n) is 7.13. The maximum atomic E-state index is 12.2. The molecule has 0 spiro atoms. The zero-order chi connectivity index (χ0) is 15.9. The highest BCUT2D eigenvalue weighted by atomic mass is 16.3. The largest absolute Gasteiger partial charge is 0.391 e. The van der Waals surface area contributed by atoms with Gasteiger partial charge in [-0.15, -0.1) is 0 Å². The third kappa shape index (κ3) is 2.97. The normalized spacial score (nSPS) is 31.4. The van der Waals surface area contributed by atoms with Gasteiger partial charge in [-0.05, 0) is 51.0 Å². The van der Waals surface area contributed by atoms with Crippen LogP contribution in [0.15, 0.2) is 12.4 Å². The number of likely N-dealkylation sites (tertiary alicyclic amines) is 1. The number of aromatic nitrogens is 2. The molecule has 3 rings (SSSR count). The van der Waals surface area contributed by atoms with Gasteiger partial charge in [-0.25, -0.2) is 4.79 Å². The van der Waals surface area contributed by atoms with E-state index in [2.05, 4.69) is 10.4 Å². The van der Waals surface area contributed by atoms with Gasteiger partial charge >= 0.3 is 6.03 Å². The summed E-state index contributed by atoms with van der Waals surface area (Å²) in [7, 11) is 0. The first-order chi connectivity index (χ1) is 10.4. The molecule has 4 atom stereocenters. The lowest BCUT2D eigenvalue weighted by Crippen LogP contribution is -2.41. The number of hydrogen-bond donors (Lipinski definition) is 2. The van der Waals surface area contributed by atoms with E-state index in [1.165, 1.54) is 0 Å². The molecule has 122 valence electrons. The van der Waals surface area contributed by atoms with Gasteiger partial charge in [-0.3, -0.25) is 4.68 Å². The SMILES string of the molecule is Cc1cnn([C@H]2C[C@H]3CN(C(=O)NC(C)C)C[C@H]3C[C@@H]2O)c1. The molecule has 1 saturated carbocycles. The smallest absolute Gasteiger partial charge is 0.317 e. The van der Waals surface area contributed by atoms with Crippen LogP contribution < -0.4 is 5.32 Å². The van der Waals surface area contributed by atoms with Crippen LogP contribution in [0.25, 0.3) is 0 Å². The van der Waals surface area contributed by atoms with Crippen molar-refractivity contribution in [3.63, 3.8) is 0 Å². The van der Waals surface area contributed by atoms with Crippen LogP contribution in [-0.4, -0.2) is 51.1 Å². The average molecular weight is 306 g/mol. The van der Waals surface area contributed by atoms with Crippen molar-refractivity contribution in [2.45, 2.75) is 51.8 Å². The summed E-state index contributed by atoms with van der Waals surface area (Å²) in [4.78, 5) is 14.1. The van der Waals surface area contributed by atoms with Crippen LogP contribution >= 0.6 is 0 Å². The van der Waals surface area contributed by atoms with Gasteiger partial charge < -0.3 is 15.3 Å². The van der Waals surface area contributed by atoms with Crippen molar-refractivity contribution in [3.05, 3.63) is 18.0 Å². The summed E-state index contributed by atoms with van der Waals surface area (Å²) in [5.74, 6) is 0.858. The minimum absolute atomic E-state index is 0.0189. The van der Waals surface area contributed by atoms with E-state index < -0.39 is 0 Å². The Bertz CT molecular complexity index is 542. The number of rotatable bonds is 2. The van der Waals surface area contributed by atoms with Crippen molar-refractivity contribution in [1.82, 2.24) is 20.0 Å². The first-order valence-corrected chi connectivity index (χ1v) is 8.18. The predicted molar refractivity (Wildman–Crippen MR) is 83.5 cm³/mol. The van der Waals surface area contributed by atoms with E-state index in [0.717, 1.165) is 31.5 Å². The number of aliphatic hydroxyl groups is 1. The molecule has 1 aromatic heterocycles. The Kier molecular flexibility index (Phi) is 4.12. The Labute approximate surface area is 131 Å². The van der Waals surface area contributed by atoms with Crippen molar-refractivity contribution in [2.24, 2.45) is 11.8 Å². The van der Waals surface area contributed by atoms with Crippen molar-refractivity contribution < 1.29 is 9.90 Å². The molecule has 6 nitrogen and oxygen atoms in total. The number of nitrogens with zero attached hydrogens (tertiary/aromatic N) is 3. The topological polar surface area (TPSA) is 70.4 Å². The Balaban J connectivity index is 1.67. The number of aliphatic hydroxyl groups excluding tert-OH is 1. The number of hydrogen-bond acceptors (Lipinski definition) is 3. The van der Waals surface area contributed by atoms with E-state index in [4.69, 9.17) is 0 Å². The zero-order valence-electron chi connectivity index (χ0n) is 13.6. The molecule has 2 amide bonds. The van der Waals surface area contributed by atoms with Crippen molar-refractivity contribution in [3.8, 4) is 0 Å². The Hall–Kier alpha value is -1.56. The lowest BCUT2D eigenvalue weighted by atomic mass is 9.77. The molecular weight excluding hydrogens is 280 g/mol. The predicted octanol–water partition coefficient (Wildman–Crippen LogP) is 1.55. The molecule has 2 aliphatic rings. The van der Waals surface area contributed by atoms with Crippen molar-refractivity contribution >= 4 is 6.03 Å². The van der Waals surface area contributed by atoms with Gasteiger partial charge in [0.05, 0.1) is 18.3 Å². The molecule has 1 aliphatic carbocycles. The number of nitrogens with one attached hydrogen (secondary N) is 1. The molecular formula is C16H26N4O2. The van der Waals surface area contributed by atoms with Crippen LogP contribution in [0.5, 0.6) is 0 Å². The van der Waals surface area contributed by atoms with E-state index in [1.807, 2.05) is 42.7 Å². The number of fused-ring (bicyclic) bond motifs is 1. The summed E-state index contributed by atoms with van der Waals surface area (Å²) >= 11 is 0. The Morgan fingerprint density at radius 1 is 1.36 bits per heavy atom. The summed E-state index contributed by atoms with van der Waals surface area (Å²) in [6, 6.07) is 0.203. The highest BCUT2D eigenvalue weighted by Crippen LogP contribution is 2.41. The maximum absolute atomic E-state index is 12.2. The van der Waals surface area contributed by atoms with Crippen molar-refractivity contribution in [1.29, 1.82) is 0 Å². The maximum Gasteiger partial charge on any atom is 0.317 e. The van der Waals surface area contributed by atoms with Gasteiger partial charge in [0.15, 0.2) is 0 Å². The van der Waals surface area contributed by atoms with E-state index in [1.54, 1.807) is 0 Å². The summed E-state index contributed by atoms with van der Waals surface area (Å²) in [5, 5.41) is 17.8. The molecule has 0 aromatic carbocycles. The number of carbonyl (C=O) groups is 1. The van der Waals surface area contributed by atoms with Gasteiger partial charge in [0.25, 0.3) is 0 Å². The van der Waals surface area contributed by atoms with Gasteiger partial charge in [0.1, 0.15) is 0 Å². The zero-order valence-corrected chi connectivity index (χ0v) is 13.6. The molecule has 2 N–H and O–H groups in total. The van der Waals surface area contributed by atoms with Gasteiger partial charge in [0.2, 0.25) is 0 Å². The van der Waals surface area contributed by atoms with Gasteiger partial charge in [-0.1, -0.05) is 0 Å². The molecule has 1 aliphatic heterocycles. The first-order valence-electron chi connectivity index (χ1n) is 8.18. The molecule has 2 heterocycles. The van der Waals surface area contributed by atoms with Crippen LogP contribution in [0.4, 0.5) is 4.79 Å². The standard InChI is InChI=1S/C16H26N4O2/c1-10(2)18-16(22)19-8-12-4-14(15(21)5-13(12)9-19)20-7-11(3)6-17-20/h6-7,10,12-15,21H,4-5,8-9H2,1-3H3,(H,18,22)/t12-,13+,14-,15-/m0/s1. The highest BCUT2D eigenvalue weighted by molar-refractivity contribution is 5.74. The molecule has 1 aromatic rings. The van der Waals surface area contributed by atoms with Crippen molar-refractivity contribution in [2.75, 3.05) is 13.1 Å². The third-order valence-corrected chi connectivity index (χ3v) is 4.88. The summed E-state index contributed by atoms with van der Waals surface area (Å²) in [5.41, 5.74) is 1.11. The summed E-state index contributed by atoms with van der Waals surface area (Å²) < 4.78 is 1.90. The van der Waals surface area contributed by atoms with E-state index in [9.17, 15) is 9.90 Å². The van der Waals surface area contributed by atoms with Gasteiger partial charge in [0, 0.05) is 25.3 Å². The fourth-order valence-corrected chi connectivity index (χ4v) is 3.81. The second-order valence-corrected chi connectivity index (χ2v) is 7.13. The molecule has 0 radical (unpaired) electrons. The monoisotopic (exact) mass is 306 g/mol. The molecule has 22 heavy (non-hydrogen) atoms. The van der Waals surface area contributed by atoms with Crippen LogP contribution in [-0.2, 0) is 0 Å². The Morgan fingerprint density at radius 2 is 2.05 bits per heavy atom. The second kappa shape index (κ2) is 5.91. The summed E-state index contributed by atoms with van der Waals surface area (Å²) in [6.07, 6.45) is 5.08. The van der Waals surface area contributed by atoms with Crippen LogP contribution in [0.2, 0.25) is 0 Å². The lowest BCUT2D eigenvalue weighted by Gasteiger charge is -2.35. The van der Waals surface area contributed by atoms with Crippen LogP contribution in [0.1, 0.15) is 38.3 Å². The fourth-order valence-electron chi connectivity index (χ4n) is 3.81. The number of amides is 2. The third-order valence-electron chi connectivity index (χ3n) is 4.88. The van der Waals surface area contributed by atoms with Crippen LogP contribution in [0.3, 0.4) is 0 Å². The quantitative estimate of drug-likeness (QED) is 0.871. The lowest BCUT2D eigenvalue weighted by molar-refractivity contribution is 0.0306. The van der Waals surface area contributed by atoms with E-state index in [0.29, 0.717) is 11.8 Å². The van der Waals surface area contributed by atoms with Crippen LogP contribution in [0, 0.1) is 18.8 Å². The summed E-state index contributed by atoms with van der Waals surface area (Å²) in [6.45, 7) is 7.49. The Morgan fingerprint density at radius 3 is 2.64 bits per heavy atom. The number of carbonyl (C=O) groups excluding carboxylic acids is 1. The van der Waals surface area contributed by atoms with E-state index in [-0.39, 0.29) is 24.2 Å². The molecule has 6 heteroatoms. The molecule has 2 fully saturated rings. The fraction of sp³-hybridized carbons (Fsp3) is 0.750.